The first-order chi connectivity index (χ1) is 22.4. The summed E-state index contributed by atoms with van der Waals surface area (Å²) < 4.78 is 17.4. The van der Waals surface area contributed by atoms with E-state index < -0.39 is 41.8 Å². The molecule has 4 heterocycles. The van der Waals surface area contributed by atoms with Crippen molar-refractivity contribution in [1.82, 2.24) is 26.1 Å². The van der Waals surface area contributed by atoms with Crippen LogP contribution in [0.1, 0.15) is 84.0 Å². The van der Waals surface area contributed by atoms with Gasteiger partial charge in [0, 0.05) is 24.5 Å². The zero-order valence-electron chi connectivity index (χ0n) is 27.9. The monoisotopic (exact) mass is 649 g/mol. The molecule has 2 aromatic rings. The molecule has 0 spiro atoms. The highest BCUT2D eigenvalue weighted by molar-refractivity contribution is 5.91. The fourth-order valence-electron chi connectivity index (χ4n) is 6.20. The summed E-state index contributed by atoms with van der Waals surface area (Å²) in [5.74, 6) is -3.38. The number of pyridine rings is 1. The van der Waals surface area contributed by atoms with E-state index in [0.717, 1.165) is 22.0 Å². The van der Waals surface area contributed by atoms with Gasteiger partial charge in [0.25, 0.3) is 11.8 Å². The molecule has 1 aromatic carbocycles. The molecule has 12 heteroatoms. The number of aromatic nitrogens is 1. The Balaban J connectivity index is 1.45. The number of hydrogen-bond donors (Lipinski definition) is 3. The highest BCUT2D eigenvalue weighted by Gasteiger charge is 2.36. The highest BCUT2D eigenvalue weighted by Crippen LogP contribution is 2.29. The summed E-state index contributed by atoms with van der Waals surface area (Å²) in [5.41, 5.74) is 4.71. The summed E-state index contributed by atoms with van der Waals surface area (Å²) in [6.45, 7) is 10.3. The number of amides is 3. The first kappa shape index (κ1) is 34.5. The van der Waals surface area contributed by atoms with Gasteiger partial charge in [0.1, 0.15) is 12.1 Å². The van der Waals surface area contributed by atoms with E-state index in [9.17, 15) is 19.2 Å². The minimum Gasteiger partial charge on any atom is -0.452 e. The Bertz CT molecular complexity index is 1500. The van der Waals surface area contributed by atoms with Gasteiger partial charge < -0.3 is 24.8 Å². The molecule has 12 nitrogen and oxygen atoms in total. The van der Waals surface area contributed by atoms with Crippen molar-refractivity contribution in [3.63, 3.8) is 0 Å². The smallest absolute Gasteiger partial charge is 0.310 e. The van der Waals surface area contributed by atoms with Gasteiger partial charge in [-0.25, -0.2) is 5.43 Å². The number of fused-ring (bicyclic) bond motifs is 4. The number of nitrogens with one attached hydrogen (secondary N) is 3. The van der Waals surface area contributed by atoms with Gasteiger partial charge in [0.2, 0.25) is 5.91 Å². The minimum atomic E-state index is -1.11. The van der Waals surface area contributed by atoms with Crippen molar-refractivity contribution in [3.8, 4) is 0 Å². The van der Waals surface area contributed by atoms with E-state index in [1.807, 2.05) is 50.3 Å². The number of cyclic esters (lactones) is 1. The summed E-state index contributed by atoms with van der Waals surface area (Å²) >= 11 is 0. The number of allylic oxidation sites excluding steroid dienone is 1. The molecule has 0 saturated carbocycles. The number of hydrazine groups is 1. The summed E-state index contributed by atoms with van der Waals surface area (Å²) in [4.78, 5) is 58.4. The predicted molar refractivity (Wildman–Crippen MR) is 175 cm³/mol. The van der Waals surface area contributed by atoms with E-state index >= 15 is 0 Å². The number of carbonyl (C=O) groups excluding carboxylic acids is 4. The van der Waals surface area contributed by atoms with Crippen LogP contribution in [0.15, 0.2) is 36.5 Å². The van der Waals surface area contributed by atoms with Gasteiger partial charge in [-0.2, -0.15) is 0 Å². The average Bonchev–Trinajstić information content (AvgIpc) is 3.49. The van der Waals surface area contributed by atoms with Gasteiger partial charge in [-0.1, -0.05) is 32.1 Å². The zero-order chi connectivity index (χ0) is 33.7. The largest absolute Gasteiger partial charge is 0.452 e. The fourth-order valence-corrected chi connectivity index (χ4v) is 6.20. The van der Waals surface area contributed by atoms with E-state index in [-0.39, 0.29) is 23.8 Å². The van der Waals surface area contributed by atoms with Gasteiger partial charge in [-0.3, -0.25) is 29.2 Å². The normalized spacial score (nSPS) is 27.8. The van der Waals surface area contributed by atoms with Crippen LogP contribution < -0.4 is 16.1 Å². The Morgan fingerprint density at radius 2 is 1.74 bits per heavy atom. The second-order valence-electron chi connectivity index (χ2n) is 13.3. The van der Waals surface area contributed by atoms with Crippen LogP contribution in [0.2, 0.25) is 0 Å². The van der Waals surface area contributed by atoms with Gasteiger partial charge in [0.15, 0.2) is 11.9 Å². The Hall–Kier alpha value is -3.87. The Labute approximate surface area is 275 Å². The van der Waals surface area contributed by atoms with Crippen molar-refractivity contribution >= 4 is 40.5 Å². The quantitative estimate of drug-likeness (QED) is 0.423. The molecule has 2 saturated heterocycles. The molecule has 1 aromatic heterocycles. The van der Waals surface area contributed by atoms with Crippen molar-refractivity contribution in [2.24, 2.45) is 11.8 Å². The molecular weight excluding hydrogens is 602 g/mol. The van der Waals surface area contributed by atoms with Gasteiger partial charge >= 0.3 is 5.97 Å². The number of nitrogens with zero attached hydrogens (tertiary/aromatic N) is 2. The maximum Gasteiger partial charge on any atom is 0.310 e. The number of carbonyl (C=O) groups is 4. The summed E-state index contributed by atoms with van der Waals surface area (Å²) in [6, 6.07) is 6.14. The topological polar surface area (TPSA) is 148 Å². The molecule has 0 aliphatic carbocycles. The SMILES string of the molecule is CC1NC(=O)C(C(C)C)OC(=O)C(CCC2(C)OCCO2)CC=Cc2cc3cc(ccc3cn2)C(C)NC(=O)C2CCCN(N2)C1=O. The standard InChI is InChI=1S/C35H47N5O7/c1-21(2)30-32(42)38-23(4)33(43)40-15-7-10-29(39-40)31(41)37-22(3)25-11-12-26-20-36-28(19-27(26)18-25)9-6-8-24(34(44)47-30)13-14-35(5)45-16-17-46-35/h6,9,11-12,18-24,29-30,39H,7-8,10,13-17H2,1-5H3,(H,37,41)(H,38,42). The van der Waals surface area contributed by atoms with Gasteiger partial charge in [0.05, 0.1) is 30.9 Å². The number of benzene rings is 1. The molecule has 5 unspecified atom stereocenters. The average molecular weight is 650 g/mol. The van der Waals surface area contributed by atoms with Crippen molar-refractivity contribution in [2.75, 3.05) is 19.8 Å². The Morgan fingerprint density at radius 1 is 1.00 bits per heavy atom. The lowest BCUT2D eigenvalue weighted by molar-refractivity contribution is -0.167. The van der Waals surface area contributed by atoms with Crippen LogP contribution >= 0.6 is 0 Å². The third kappa shape index (κ3) is 8.54. The zero-order valence-corrected chi connectivity index (χ0v) is 27.9. The van der Waals surface area contributed by atoms with Gasteiger partial charge in [-0.15, -0.1) is 0 Å². The molecule has 3 N–H and O–H groups in total. The first-order valence-corrected chi connectivity index (χ1v) is 16.7. The molecule has 3 amide bonds. The van der Waals surface area contributed by atoms with Crippen LogP contribution in [0.25, 0.3) is 16.8 Å². The summed E-state index contributed by atoms with van der Waals surface area (Å²) in [5, 5.41) is 9.14. The summed E-state index contributed by atoms with van der Waals surface area (Å²) in [6.07, 6.45) is 6.87. The molecule has 47 heavy (non-hydrogen) atoms. The predicted octanol–water partition coefficient (Wildman–Crippen LogP) is 3.56. The molecule has 5 bridgehead atoms. The summed E-state index contributed by atoms with van der Waals surface area (Å²) in [7, 11) is 0. The number of rotatable bonds is 4. The molecule has 5 rings (SSSR count). The maximum atomic E-state index is 13.7. The van der Waals surface area contributed by atoms with E-state index in [2.05, 4.69) is 21.0 Å². The number of hydrogen-bond acceptors (Lipinski definition) is 9. The highest BCUT2D eigenvalue weighted by atomic mass is 16.7. The molecule has 254 valence electrons. The number of esters is 1. The van der Waals surface area contributed by atoms with E-state index in [4.69, 9.17) is 14.2 Å². The molecule has 3 aliphatic rings. The minimum absolute atomic E-state index is 0.214. The van der Waals surface area contributed by atoms with Crippen molar-refractivity contribution in [1.29, 1.82) is 0 Å². The lowest BCUT2D eigenvalue weighted by Gasteiger charge is -2.35. The van der Waals surface area contributed by atoms with Crippen molar-refractivity contribution in [2.45, 2.75) is 96.7 Å². The van der Waals surface area contributed by atoms with Crippen LogP contribution in [0.4, 0.5) is 0 Å². The number of ether oxygens (including phenoxy) is 3. The van der Waals surface area contributed by atoms with Crippen LogP contribution in [-0.4, -0.2) is 77.4 Å². The van der Waals surface area contributed by atoms with Crippen LogP contribution in [-0.2, 0) is 33.4 Å². The lowest BCUT2D eigenvalue weighted by Crippen LogP contribution is -2.61. The molecule has 5 atom stereocenters. The molecular formula is C35H47N5O7. The fraction of sp³-hybridized carbons (Fsp3) is 0.571. The maximum absolute atomic E-state index is 13.7. The van der Waals surface area contributed by atoms with E-state index in [1.54, 1.807) is 27.0 Å². The van der Waals surface area contributed by atoms with Crippen LogP contribution in [0.3, 0.4) is 0 Å². The van der Waals surface area contributed by atoms with Crippen LogP contribution in [0, 0.1) is 11.8 Å². The van der Waals surface area contributed by atoms with E-state index in [1.165, 1.54) is 5.01 Å². The third-order valence-corrected chi connectivity index (χ3v) is 9.12. The van der Waals surface area contributed by atoms with Crippen molar-refractivity contribution < 1.29 is 33.4 Å². The molecule has 3 aliphatic heterocycles. The Morgan fingerprint density at radius 3 is 2.49 bits per heavy atom. The molecule has 2 fully saturated rings. The van der Waals surface area contributed by atoms with Crippen molar-refractivity contribution in [3.05, 3.63) is 47.8 Å². The van der Waals surface area contributed by atoms with Gasteiger partial charge in [-0.05, 0) is 81.5 Å². The third-order valence-electron chi connectivity index (χ3n) is 9.12. The second kappa shape index (κ2) is 14.9. The van der Waals surface area contributed by atoms with E-state index in [0.29, 0.717) is 51.9 Å². The van der Waals surface area contributed by atoms with Crippen LogP contribution in [0.5, 0.6) is 0 Å². The Kier molecular flexibility index (Phi) is 10.9. The second-order valence-corrected chi connectivity index (χ2v) is 13.3. The lowest BCUT2D eigenvalue weighted by atomic mass is 9.95. The molecule has 0 radical (unpaired) electrons. The first-order valence-electron chi connectivity index (χ1n) is 16.7.